The lowest BCUT2D eigenvalue weighted by molar-refractivity contribution is 0.108. The average molecular weight is 257 g/mol. The van der Waals surface area contributed by atoms with Crippen molar-refractivity contribution in [2.45, 2.75) is 84.7 Å². The minimum Gasteiger partial charge on any atom is -0.392 e. The number of aliphatic hydroxyl groups excluding tert-OH is 1. The fraction of sp³-hybridized carbons (Fsp3) is 1.00. The summed E-state index contributed by atoms with van der Waals surface area (Å²) < 4.78 is 0. The number of hydrogen-bond acceptors (Lipinski definition) is 2. The van der Waals surface area contributed by atoms with Crippen LogP contribution in [0.25, 0.3) is 0 Å². The molecule has 0 aromatic heterocycles. The third-order valence-corrected chi connectivity index (χ3v) is 3.75. The molecule has 18 heavy (non-hydrogen) atoms. The van der Waals surface area contributed by atoms with Crippen LogP contribution >= 0.6 is 0 Å². The SMILES string of the molecule is CCCCCCCCCCC(O)CN(CC)CC. The van der Waals surface area contributed by atoms with Crippen LogP contribution < -0.4 is 0 Å². The van der Waals surface area contributed by atoms with Gasteiger partial charge in [-0.25, -0.2) is 0 Å². The van der Waals surface area contributed by atoms with Gasteiger partial charge < -0.3 is 10.0 Å². The van der Waals surface area contributed by atoms with E-state index in [1.807, 2.05) is 0 Å². The Morgan fingerprint density at radius 3 is 1.78 bits per heavy atom. The molecule has 0 aliphatic heterocycles. The maximum Gasteiger partial charge on any atom is 0.0667 e. The molecule has 0 saturated heterocycles. The molecule has 0 heterocycles. The van der Waals surface area contributed by atoms with E-state index in [9.17, 15) is 5.11 Å². The van der Waals surface area contributed by atoms with Gasteiger partial charge in [0.05, 0.1) is 6.10 Å². The van der Waals surface area contributed by atoms with Crippen LogP contribution in [0.2, 0.25) is 0 Å². The van der Waals surface area contributed by atoms with Gasteiger partial charge in [0.25, 0.3) is 0 Å². The van der Waals surface area contributed by atoms with E-state index in [1.54, 1.807) is 0 Å². The van der Waals surface area contributed by atoms with E-state index in [0.717, 1.165) is 26.1 Å². The Hall–Kier alpha value is -0.0800. The third kappa shape index (κ3) is 11.0. The molecule has 0 fully saturated rings. The molecule has 0 amide bonds. The van der Waals surface area contributed by atoms with Gasteiger partial charge in [0.15, 0.2) is 0 Å². The van der Waals surface area contributed by atoms with Gasteiger partial charge in [-0.15, -0.1) is 0 Å². The Morgan fingerprint density at radius 2 is 1.28 bits per heavy atom. The largest absolute Gasteiger partial charge is 0.392 e. The maximum atomic E-state index is 9.91. The van der Waals surface area contributed by atoms with Gasteiger partial charge in [0.1, 0.15) is 0 Å². The van der Waals surface area contributed by atoms with Crippen molar-refractivity contribution in [1.82, 2.24) is 4.90 Å². The monoisotopic (exact) mass is 257 g/mol. The standard InChI is InChI=1S/C16H35NO/c1-4-7-8-9-10-11-12-13-14-16(18)15-17(5-2)6-3/h16,18H,4-15H2,1-3H3. The Morgan fingerprint density at radius 1 is 0.778 bits per heavy atom. The summed E-state index contributed by atoms with van der Waals surface area (Å²) >= 11 is 0. The van der Waals surface area contributed by atoms with Crippen molar-refractivity contribution in [2.75, 3.05) is 19.6 Å². The first-order chi connectivity index (χ1) is 8.74. The zero-order chi connectivity index (χ0) is 13.6. The highest BCUT2D eigenvalue weighted by molar-refractivity contribution is 4.62. The molecule has 0 aliphatic carbocycles. The normalized spacial score (nSPS) is 13.2. The van der Waals surface area contributed by atoms with Crippen LogP contribution in [0.3, 0.4) is 0 Å². The van der Waals surface area contributed by atoms with Crippen LogP contribution in [0.5, 0.6) is 0 Å². The first kappa shape index (κ1) is 17.9. The van der Waals surface area contributed by atoms with Gasteiger partial charge in [-0.3, -0.25) is 0 Å². The second-order valence-electron chi connectivity index (χ2n) is 5.40. The third-order valence-electron chi connectivity index (χ3n) is 3.75. The van der Waals surface area contributed by atoms with Crippen molar-refractivity contribution in [3.8, 4) is 0 Å². The average Bonchev–Trinajstić information content (AvgIpc) is 2.39. The van der Waals surface area contributed by atoms with E-state index in [2.05, 4.69) is 25.7 Å². The Balaban J connectivity index is 3.27. The fourth-order valence-electron chi connectivity index (χ4n) is 2.38. The smallest absolute Gasteiger partial charge is 0.0667 e. The van der Waals surface area contributed by atoms with Gasteiger partial charge >= 0.3 is 0 Å². The molecule has 2 heteroatoms. The van der Waals surface area contributed by atoms with E-state index < -0.39 is 0 Å². The summed E-state index contributed by atoms with van der Waals surface area (Å²) in [6, 6.07) is 0. The highest BCUT2D eigenvalue weighted by atomic mass is 16.3. The molecule has 1 atom stereocenters. The van der Waals surface area contributed by atoms with Crippen LogP contribution in [0.15, 0.2) is 0 Å². The molecule has 0 saturated carbocycles. The second-order valence-corrected chi connectivity index (χ2v) is 5.40. The Bertz CT molecular complexity index is 157. The predicted octanol–water partition coefficient (Wildman–Crippen LogP) is 4.22. The van der Waals surface area contributed by atoms with Crippen molar-refractivity contribution in [3.05, 3.63) is 0 Å². The molecule has 0 aromatic rings. The van der Waals surface area contributed by atoms with Crippen molar-refractivity contribution < 1.29 is 5.11 Å². The van der Waals surface area contributed by atoms with Gasteiger partial charge in [-0.05, 0) is 19.5 Å². The molecule has 0 spiro atoms. The highest BCUT2D eigenvalue weighted by Crippen LogP contribution is 2.11. The van der Waals surface area contributed by atoms with Crippen molar-refractivity contribution in [1.29, 1.82) is 0 Å². The van der Waals surface area contributed by atoms with Gasteiger partial charge in [0, 0.05) is 6.54 Å². The second kappa shape index (κ2) is 13.4. The summed E-state index contributed by atoms with van der Waals surface area (Å²) in [5.74, 6) is 0. The minimum absolute atomic E-state index is 0.120. The van der Waals surface area contributed by atoms with Crippen LogP contribution in [-0.4, -0.2) is 35.7 Å². The molecule has 1 N–H and O–H groups in total. The summed E-state index contributed by atoms with van der Waals surface area (Å²) in [4.78, 5) is 2.30. The Kier molecular flexibility index (Phi) is 13.3. The van der Waals surface area contributed by atoms with E-state index in [1.165, 1.54) is 51.4 Å². The lowest BCUT2D eigenvalue weighted by Gasteiger charge is -2.21. The zero-order valence-electron chi connectivity index (χ0n) is 13.0. The van der Waals surface area contributed by atoms with E-state index in [-0.39, 0.29) is 6.10 Å². The minimum atomic E-state index is -0.120. The summed E-state index contributed by atoms with van der Waals surface area (Å²) in [6.07, 6.45) is 11.6. The number of nitrogens with zero attached hydrogens (tertiary/aromatic N) is 1. The zero-order valence-corrected chi connectivity index (χ0v) is 13.0. The van der Waals surface area contributed by atoms with Gasteiger partial charge in [-0.2, -0.15) is 0 Å². The van der Waals surface area contributed by atoms with Crippen LogP contribution in [0.4, 0.5) is 0 Å². The molecular weight excluding hydrogens is 222 g/mol. The first-order valence-corrected chi connectivity index (χ1v) is 8.14. The maximum absolute atomic E-state index is 9.91. The molecule has 0 radical (unpaired) electrons. The summed E-state index contributed by atoms with van der Waals surface area (Å²) in [7, 11) is 0. The van der Waals surface area contributed by atoms with E-state index >= 15 is 0 Å². The summed E-state index contributed by atoms with van der Waals surface area (Å²) in [6.45, 7) is 9.52. The molecule has 1 unspecified atom stereocenters. The van der Waals surface area contributed by atoms with Crippen molar-refractivity contribution >= 4 is 0 Å². The highest BCUT2D eigenvalue weighted by Gasteiger charge is 2.08. The molecule has 110 valence electrons. The lowest BCUT2D eigenvalue weighted by atomic mass is 10.1. The van der Waals surface area contributed by atoms with Crippen molar-refractivity contribution in [3.63, 3.8) is 0 Å². The fourth-order valence-corrected chi connectivity index (χ4v) is 2.38. The number of aliphatic hydroxyl groups is 1. The number of hydrogen-bond donors (Lipinski definition) is 1. The quantitative estimate of drug-likeness (QED) is 0.499. The topological polar surface area (TPSA) is 23.5 Å². The van der Waals surface area contributed by atoms with Crippen LogP contribution in [-0.2, 0) is 0 Å². The summed E-state index contributed by atoms with van der Waals surface area (Å²) in [5, 5.41) is 9.91. The number of unbranched alkanes of at least 4 members (excludes halogenated alkanes) is 7. The molecule has 0 aliphatic rings. The van der Waals surface area contributed by atoms with Crippen molar-refractivity contribution in [2.24, 2.45) is 0 Å². The molecule has 0 rings (SSSR count). The molecule has 0 aromatic carbocycles. The van der Waals surface area contributed by atoms with Gasteiger partial charge in [-0.1, -0.05) is 72.1 Å². The Labute approximate surface area is 115 Å². The predicted molar refractivity (Wildman–Crippen MR) is 81.0 cm³/mol. The van der Waals surface area contributed by atoms with Gasteiger partial charge in [0.2, 0.25) is 0 Å². The molecule has 2 nitrogen and oxygen atoms in total. The lowest BCUT2D eigenvalue weighted by Crippen LogP contribution is -2.32. The molecule has 0 bridgehead atoms. The number of rotatable bonds is 13. The van der Waals surface area contributed by atoms with E-state index in [0.29, 0.717) is 0 Å². The van der Waals surface area contributed by atoms with Crippen LogP contribution in [0.1, 0.15) is 78.6 Å². The molecular formula is C16H35NO. The number of likely N-dealkylation sites (N-methyl/N-ethyl adjacent to an activating group) is 1. The summed E-state index contributed by atoms with van der Waals surface area (Å²) in [5.41, 5.74) is 0. The first-order valence-electron chi connectivity index (χ1n) is 8.14. The van der Waals surface area contributed by atoms with E-state index in [4.69, 9.17) is 0 Å². The van der Waals surface area contributed by atoms with Crippen LogP contribution in [0, 0.1) is 0 Å².